The highest BCUT2D eigenvalue weighted by Crippen LogP contribution is 2.30. The molecule has 122 valence electrons. The van der Waals surface area contributed by atoms with E-state index >= 15 is 0 Å². The largest absolute Gasteiger partial charge is 0.359 e. The van der Waals surface area contributed by atoms with Gasteiger partial charge in [-0.05, 0) is 37.3 Å². The molecule has 3 rings (SSSR count). The normalized spacial score (nSPS) is 17.2. The van der Waals surface area contributed by atoms with Crippen LogP contribution in [0.25, 0.3) is 0 Å². The Kier molecular flexibility index (Phi) is 4.37. The molecule has 1 aromatic heterocycles. The molecule has 0 aliphatic carbocycles. The van der Waals surface area contributed by atoms with Crippen molar-refractivity contribution in [3.05, 3.63) is 41.6 Å². The van der Waals surface area contributed by atoms with Crippen molar-refractivity contribution < 1.29 is 9.32 Å². The van der Waals surface area contributed by atoms with Crippen molar-refractivity contribution in [2.24, 2.45) is 0 Å². The zero-order valence-corrected chi connectivity index (χ0v) is 13.9. The number of hydrogen-bond acceptors (Lipinski definition) is 4. The highest BCUT2D eigenvalue weighted by atomic mass is 16.5. The van der Waals surface area contributed by atoms with E-state index in [-0.39, 0.29) is 11.8 Å². The fourth-order valence-corrected chi connectivity index (χ4v) is 2.95. The Balaban J connectivity index is 1.69. The second kappa shape index (κ2) is 6.44. The van der Waals surface area contributed by atoms with E-state index in [1.807, 2.05) is 19.9 Å². The molecule has 0 saturated heterocycles. The van der Waals surface area contributed by atoms with E-state index in [4.69, 9.17) is 4.52 Å². The lowest BCUT2D eigenvalue weighted by atomic mass is 9.97. The fraction of sp³-hybridized carbons (Fsp3) is 0.444. The first-order chi connectivity index (χ1) is 11.0. The third-order valence-electron chi connectivity index (χ3n) is 4.36. The Morgan fingerprint density at radius 3 is 2.96 bits per heavy atom. The summed E-state index contributed by atoms with van der Waals surface area (Å²) in [6.07, 6.45) is 2.12. The van der Waals surface area contributed by atoms with Crippen LogP contribution >= 0.6 is 0 Å². The van der Waals surface area contributed by atoms with Gasteiger partial charge in [-0.25, -0.2) is 0 Å². The second-order valence-corrected chi connectivity index (χ2v) is 6.46. The fourth-order valence-electron chi connectivity index (χ4n) is 2.95. The number of aromatic nitrogens is 1. The summed E-state index contributed by atoms with van der Waals surface area (Å²) in [5.41, 5.74) is 3.30. The van der Waals surface area contributed by atoms with Crippen molar-refractivity contribution in [1.29, 1.82) is 0 Å². The van der Waals surface area contributed by atoms with Gasteiger partial charge in [0.15, 0.2) is 0 Å². The van der Waals surface area contributed by atoms with Gasteiger partial charge >= 0.3 is 0 Å². The standard InChI is InChI=1S/C18H23N3O2/c1-12(2)15-10-18(23-20-15)19-17(22)11-21-13(3)8-9-14-6-4-5-7-16(14)21/h4-7,10,12-13H,8-9,11H2,1-3H3,(H,19,22)/t13-/m0/s1. The van der Waals surface area contributed by atoms with Crippen molar-refractivity contribution in [2.45, 2.75) is 45.6 Å². The molecule has 0 fully saturated rings. The minimum atomic E-state index is -0.0833. The molecular weight excluding hydrogens is 290 g/mol. The van der Waals surface area contributed by atoms with E-state index in [1.54, 1.807) is 6.07 Å². The van der Waals surface area contributed by atoms with Crippen molar-refractivity contribution >= 4 is 17.5 Å². The number of aryl methyl sites for hydroxylation is 1. The predicted molar refractivity (Wildman–Crippen MR) is 90.8 cm³/mol. The number of para-hydroxylation sites is 1. The number of fused-ring (bicyclic) bond motifs is 1. The summed E-state index contributed by atoms with van der Waals surface area (Å²) in [4.78, 5) is 14.5. The Morgan fingerprint density at radius 1 is 1.43 bits per heavy atom. The van der Waals surface area contributed by atoms with Gasteiger partial charge in [0.25, 0.3) is 0 Å². The summed E-state index contributed by atoms with van der Waals surface area (Å²) >= 11 is 0. The van der Waals surface area contributed by atoms with Crippen LogP contribution in [0, 0.1) is 0 Å². The predicted octanol–water partition coefficient (Wildman–Crippen LogP) is 3.58. The van der Waals surface area contributed by atoms with Gasteiger partial charge in [0.1, 0.15) is 0 Å². The first-order valence-corrected chi connectivity index (χ1v) is 8.15. The smallest absolute Gasteiger partial charge is 0.246 e. The molecule has 0 unspecified atom stereocenters. The third kappa shape index (κ3) is 3.38. The molecule has 0 radical (unpaired) electrons. The zero-order chi connectivity index (χ0) is 16.4. The molecule has 0 spiro atoms. The van der Waals surface area contributed by atoms with Gasteiger partial charge in [0.2, 0.25) is 11.8 Å². The molecule has 2 heterocycles. The number of hydrogen-bond donors (Lipinski definition) is 1. The minimum absolute atomic E-state index is 0.0833. The summed E-state index contributed by atoms with van der Waals surface area (Å²) in [7, 11) is 0. The van der Waals surface area contributed by atoms with Crippen LogP contribution in [0.15, 0.2) is 34.9 Å². The lowest BCUT2D eigenvalue weighted by Gasteiger charge is -2.36. The van der Waals surface area contributed by atoms with Gasteiger partial charge < -0.3 is 9.42 Å². The highest BCUT2D eigenvalue weighted by Gasteiger charge is 2.24. The topological polar surface area (TPSA) is 58.4 Å². The van der Waals surface area contributed by atoms with E-state index < -0.39 is 0 Å². The molecule has 1 aliphatic heterocycles. The van der Waals surface area contributed by atoms with Crippen LogP contribution in [-0.4, -0.2) is 23.7 Å². The third-order valence-corrected chi connectivity index (χ3v) is 4.36. The summed E-state index contributed by atoms with van der Waals surface area (Å²) < 4.78 is 5.18. The number of anilines is 2. The zero-order valence-electron chi connectivity index (χ0n) is 13.9. The van der Waals surface area contributed by atoms with Crippen molar-refractivity contribution in [1.82, 2.24) is 5.16 Å². The first kappa shape index (κ1) is 15.6. The lowest BCUT2D eigenvalue weighted by molar-refractivity contribution is -0.115. The molecule has 5 nitrogen and oxygen atoms in total. The molecule has 0 bridgehead atoms. The average Bonchev–Trinajstić information content (AvgIpc) is 2.99. The van der Waals surface area contributed by atoms with Crippen LogP contribution < -0.4 is 10.2 Å². The number of nitrogens with one attached hydrogen (secondary N) is 1. The summed E-state index contributed by atoms with van der Waals surface area (Å²) in [5, 5.41) is 6.77. The second-order valence-electron chi connectivity index (χ2n) is 6.46. The van der Waals surface area contributed by atoms with Gasteiger partial charge in [-0.1, -0.05) is 37.2 Å². The Labute approximate surface area is 136 Å². The number of amides is 1. The van der Waals surface area contributed by atoms with E-state index in [0.29, 0.717) is 18.5 Å². The van der Waals surface area contributed by atoms with E-state index in [2.05, 4.69) is 40.5 Å². The number of rotatable bonds is 4. The van der Waals surface area contributed by atoms with Crippen molar-refractivity contribution in [3.63, 3.8) is 0 Å². The monoisotopic (exact) mass is 313 g/mol. The Morgan fingerprint density at radius 2 is 2.22 bits per heavy atom. The quantitative estimate of drug-likeness (QED) is 0.937. The Bertz CT molecular complexity index is 693. The number of benzene rings is 1. The van der Waals surface area contributed by atoms with E-state index in [1.165, 1.54) is 5.56 Å². The highest BCUT2D eigenvalue weighted by molar-refractivity contribution is 5.93. The molecular formula is C18H23N3O2. The van der Waals surface area contributed by atoms with Crippen molar-refractivity contribution in [3.8, 4) is 0 Å². The van der Waals surface area contributed by atoms with Crippen LogP contribution in [0.5, 0.6) is 0 Å². The lowest BCUT2D eigenvalue weighted by Crippen LogP contribution is -2.42. The summed E-state index contributed by atoms with van der Waals surface area (Å²) in [6.45, 7) is 6.55. The average molecular weight is 313 g/mol. The van der Waals surface area contributed by atoms with Gasteiger partial charge in [-0.15, -0.1) is 0 Å². The number of carbonyl (C=O) groups is 1. The van der Waals surface area contributed by atoms with Crippen LogP contribution in [-0.2, 0) is 11.2 Å². The van der Waals surface area contributed by atoms with E-state index in [9.17, 15) is 4.79 Å². The first-order valence-electron chi connectivity index (χ1n) is 8.15. The van der Waals surface area contributed by atoms with Crippen LogP contribution in [0.3, 0.4) is 0 Å². The number of nitrogens with zero attached hydrogens (tertiary/aromatic N) is 2. The van der Waals surface area contributed by atoms with E-state index in [0.717, 1.165) is 24.2 Å². The minimum Gasteiger partial charge on any atom is -0.359 e. The molecule has 0 saturated carbocycles. The van der Waals surface area contributed by atoms with Gasteiger partial charge in [-0.2, -0.15) is 0 Å². The molecule has 1 amide bonds. The summed E-state index contributed by atoms with van der Waals surface area (Å²) in [5.74, 6) is 0.607. The van der Waals surface area contributed by atoms with Crippen LogP contribution in [0.4, 0.5) is 11.6 Å². The maximum Gasteiger partial charge on any atom is 0.246 e. The molecule has 1 aromatic carbocycles. The molecule has 5 heteroatoms. The molecule has 1 aliphatic rings. The van der Waals surface area contributed by atoms with Crippen LogP contribution in [0.2, 0.25) is 0 Å². The maximum atomic E-state index is 12.4. The van der Waals surface area contributed by atoms with Gasteiger partial charge in [-0.3, -0.25) is 10.1 Å². The molecule has 1 N–H and O–H groups in total. The molecule has 2 aromatic rings. The molecule has 23 heavy (non-hydrogen) atoms. The van der Waals surface area contributed by atoms with Gasteiger partial charge in [0.05, 0.1) is 12.2 Å². The Hall–Kier alpha value is -2.30. The van der Waals surface area contributed by atoms with Gasteiger partial charge in [0, 0.05) is 17.8 Å². The maximum absolute atomic E-state index is 12.4. The molecule has 1 atom stereocenters. The van der Waals surface area contributed by atoms with Crippen molar-refractivity contribution in [2.75, 3.05) is 16.8 Å². The number of carbonyl (C=O) groups excluding carboxylic acids is 1. The summed E-state index contributed by atoms with van der Waals surface area (Å²) in [6, 6.07) is 10.4. The van der Waals surface area contributed by atoms with Crippen LogP contribution in [0.1, 0.15) is 44.4 Å². The SMILES string of the molecule is CC(C)c1cc(NC(=O)CN2c3ccccc3CC[C@@H]2C)on1.